The number of hydrogen-bond donors (Lipinski definition) is 0. The van der Waals surface area contributed by atoms with Gasteiger partial charge in [-0.1, -0.05) is 133 Å². The number of hydrogen-bond acceptors (Lipinski definition) is 4. The Labute approximate surface area is 269 Å². The highest BCUT2D eigenvalue weighted by molar-refractivity contribution is 6.34. The molecule has 4 nitrogen and oxygen atoms in total. The zero-order chi connectivity index (χ0) is 30.9. The van der Waals surface area contributed by atoms with Crippen LogP contribution in [0.25, 0.3) is 99.2 Å². The number of rotatable bonds is 3. The largest absolute Gasteiger partial charge is 0.455 e. The molecule has 47 heavy (non-hydrogen) atoms. The summed E-state index contributed by atoms with van der Waals surface area (Å²) in [6.07, 6.45) is 0. The minimum atomic E-state index is 0.636. The fourth-order valence-electron chi connectivity index (χ4n) is 7.12. The van der Waals surface area contributed by atoms with Crippen LogP contribution in [-0.2, 0) is 0 Å². The van der Waals surface area contributed by atoms with Crippen molar-refractivity contribution in [1.82, 2.24) is 15.0 Å². The summed E-state index contributed by atoms with van der Waals surface area (Å²) in [5.74, 6) is 1.93. The van der Waals surface area contributed by atoms with Gasteiger partial charge in [0.2, 0.25) is 0 Å². The number of furan rings is 1. The number of aromatic nitrogens is 3. The van der Waals surface area contributed by atoms with Gasteiger partial charge < -0.3 is 4.42 Å². The average molecular weight is 600 g/mol. The lowest BCUT2D eigenvalue weighted by atomic mass is 9.91. The average Bonchev–Trinajstić information content (AvgIpc) is 3.55. The number of benzene rings is 8. The van der Waals surface area contributed by atoms with Crippen molar-refractivity contribution in [1.29, 1.82) is 0 Å². The molecule has 2 heterocycles. The van der Waals surface area contributed by atoms with E-state index in [0.29, 0.717) is 17.5 Å². The maximum atomic E-state index is 6.74. The molecule has 0 aliphatic rings. The Morgan fingerprint density at radius 3 is 1.57 bits per heavy atom. The summed E-state index contributed by atoms with van der Waals surface area (Å²) in [5.41, 5.74) is 4.64. The van der Waals surface area contributed by atoms with E-state index in [1.54, 1.807) is 0 Å². The second-order valence-corrected chi connectivity index (χ2v) is 12.0. The Morgan fingerprint density at radius 1 is 0.340 bits per heavy atom. The molecular formula is C43H25N3O. The lowest BCUT2D eigenvalue weighted by Crippen LogP contribution is -2.00. The summed E-state index contributed by atoms with van der Waals surface area (Å²) in [5, 5.41) is 11.6. The van der Waals surface area contributed by atoms with Gasteiger partial charge in [0.1, 0.15) is 11.2 Å². The van der Waals surface area contributed by atoms with Crippen LogP contribution in [0.3, 0.4) is 0 Å². The van der Waals surface area contributed by atoms with E-state index in [4.69, 9.17) is 19.4 Å². The molecule has 0 saturated heterocycles. The zero-order valence-electron chi connectivity index (χ0n) is 25.2. The van der Waals surface area contributed by atoms with Crippen molar-refractivity contribution in [3.05, 3.63) is 152 Å². The fraction of sp³-hybridized carbons (Fsp3) is 0. The van der Waals surface area contributed by atoms with E-state index in [2.05, 4.69) is 91.0 Å². The van der Waals surface area contributed by atoms with Crippen molar-refractivity contribution < 1.29 is 4.42 Å². The van der Waals surface area contributed by atoms with Gasteiger partial charge in [0, 0.05) is 32.8 Å². The topological polar surface area (TPSA) is 51.8 Å². The summed E-state index contributed by atoms with van der Waals surface area (Å²) >= 11 is 0. The third-order valence-electron chi connectivity index (χ3n) is 9.28. The highest BCUT2D eigenvalue weighted by Crippen LogP contribution is 2.44. The normalized spacial score (nSPS) is 11.8. The van der Waals surface area contributed by atoms with Crippen molar-refractivity contribution in [3.63, 3.8) is 0 Å². The molecule has 0 amide bonds. The van der Waals surface area contributed by atoms with E-state index in [0.717, 1.165) is 54.8 Å². The Hall–Kier alpha value is -6.39. The Balaban J connectivity index is 1.28. The minimum absolute atomic E-state index is 0.636. The molecule has 0 unspecified atom stereocenters. The molecular weight excluding hydrogens is 574 g/mol. The van der Waals surface area contributed by atoms with Gasteiger partial charge in [-0.2, -0.15) is 0 Å². The first kappa shape index (κ1) is 25.9. The summed E-state index contributed by atoms with van der Waals surface area (Å²) in [7, 11) is 0. The van der Waals surface area contributed by atoms with Gasteiger partial charge in [0.25, 0.3) is 0 Å². The Morgan fingerprint density at radius 2 is 0.872 bits per heavy atom. The van der Waals surface area contributed by atoms with Crippen molar-refractivity contribution >= 4 is 65.0 Å². The Bertz CT molecular complexity index is 2780. The fourth-order valence-corrected chi connectivity index (χ4v) is 7.12. The molecule has 10 rings (SSSR count). The monoisotopic (exact) mass is 599 g/mol. The molecule has 4 heteroatoms. The third-order valence-corrected chi connectivity index (χ3v) is 9.28. The number of nitrogens with zero attached hydrogens (tertiary/aromatic N) is 3. The summed E-state index contributed by atoms with van der Waals surface area (Å²) < 4.78 is 6.74. The molecule has 0 N–H and O–H groups in total. The zero-order valence-corrected chi connectivity index (χ0v) is 25.2. The predicted octanol–water partition coefficient (Wildman–Crippen LogP) is 11.4. The molecule has 8 aromatic carbocycles. The van der Waals surface area contributed by atoms with Crippen molar-refractivity contribution in [2.45, 2.75) is 0 Å². The van der Waals surface area contributed by atoms with Crippen LogP contribution in [-0.4, -0.2) is 15.0 Å². The molecule has 0 saturated carbocycles. The van der Waals surface area contributed by atoms with Gasteiger partial charge in [0.05, 0.1) is 0 Å². The molecule has 0 atom stereocenters. The highest BCUT2D eigenvalue weighted by Gasteiger charge is 2.19. The molecule has 0 fully saturated rings. The summed E-state index contributed by atoms with van der Waals surface area (Å²) in [6, 6.07) is 52.6. The first-order valence-electron chi connectivity index (χ1n) is 15.8. The Kier molecular flexibility index (Phi) is 5.54. The minimum Gasteiger partial charge on any atom is -0.455 e. The van der Waals surface area contributed by atoms with E-state index < -0.39 is 0 Å². The van der Waals surface area contributed by atoms with Gasteiger partial charge in [-0.3, -0.25) is 0 Å². The van der Waals surface area contributed by atoms with Crippen molar-refractivity contribution in [2.24, 2.45) is 0 Å². The van der Waals surface area contributed by atoms with Gasteiger partial charge in [-0.25, -0.2) is 15.0 Å². The molecule has 0 spiro atoms. The molecule has 0 radical (unpaired) electrons. The van der Waals surface area contributed by atoms with Crippen LogP contribution < -0.4 is 0 Å². The van der Waals surface area contributed by atoms with Gasteiger partial charge >= 0.3 is 0 Å². The molecule has 218 valence electrons. The van der Waals surface area contributed by atoms with Gasteiger partial charge in [0.15, 0.2) is 17.5 Å². The lowest BCUT2D eigenvalue weighted by Gasteiger charge is -2.13. The first-order valence-corrected chi connectivity index (χ1v) is 15.8. The first-order chi connectivity index (χ1) is 23.3. The van der Waals surface area contributed by atoms with Gasteiger partial charge in [-0.15, -0.1) is 0 Å². The lowest BCUT2D eigenvalue weighted by molar-refractivity contribution is 0.673. The standard InChI is InChI=1S/C43H25N3O/c1-3-12-27(13-4-1)41-44-42(28-14-5-2-6-15-28)46-43(45-41)29-19-21-34-36(25-29)32-18-10-9-17-31(32)33-22-23-35-38-30-16-8-7-11-26(30)20-24-37(38)47-40(35)39(33)34/h1-25H. The SMILES string of the molecule is c1ccc(-c2nc(-c3ccccc3)nc(-c3ccc4c(c3)c3ccccc3c3ccc5c(oc6ccc7ccccc7c65)c34)n2)cc1. The van der Waals surface area contributed by atoms with E-state index in [9.17, 15) is 0 Å². The van der Waals surface area contributed by atoms with E-state index in [-0.39, 0.29) is 0 Å². The van der Waals surface area contributed by atoms with Crippen LogP contribution in [0.2, 0.25) is 0 Å². The molecule has 0 aliphatic carbocycles. The quantitative estimate of drug-likeness (QED) is 0.190. The maximum absolute atomic E-state index is 6.74. The molecule has 0 bridgehead atoms. The van der Waals surface area contributed by atoms with Crippen LogP contribution in [0.5, 0.6) is 0 Å². The van der Waals surface area contributed by atoms with Crippen LogP contribution in [0.1, 0.15) is 0 Å². The van der Waals surface area contributed by atoms with E-state index >= 15 is 0 Å². The highest BCUT2D eigenvalue weighted by atomic mass is 16.3. The summed E-state index contributed by atoms with van der Waals surface area (Å²) in [6.45, 7) is 0. The van der Waals surface area contributed by atoms with Crippen LogP contribution >= 0.6 is 0 Å². The van der Waals surface area contributed by atoms with Crippen LogP contribution in [0.4, 0.5) is 0 Å². The second-order valence-electron chi connectivity index (χ2n) is 12.0. The third kappa shape index (κ3) is 3.98. The van der Waals surface area contributed by atoms with E-state index in [1.165, 1.54) is 26.9 Å². The smallest absolute Gasteiger partial charge is 0.164 e. The predicted molar refractivity (Wildman–Crippen MR) is 193 cm³/mol. The van der Waals surface area contributed by atoms with Crippen molar-refractivity contribution in [3.8, 4) is 34.2 Å². The summed E-state index contributed by atoms with van der Waals surface area (Å²) in [4.78, 5) is 14.9. The molecule has 2 aromatic heterocycles. The maximum Gasteiger partial charge on any atom is 0.164 e. The second kappa shape index (κ2) is 10.1. The molecule has 10 aromatic rings. The van der Waals surface area contributed by atoms with Crippen LogP contribution in [0.15, 0.2) is 156 Å². The van der Waals surface area contributed by atoms with Crippen LogP contribution in [0, 0.1) is 0 Å². The van der Waals surface area contributed by atoms with E-state index in [1.807, 2.05) is 60.7 Å². The number of fused-ring (bicyclic) bond motifs is 12. The molecule has 0 aliphatic heterocycles. The van der Waals surface area contributed by atoms with Gasteiger partial charge in [-0.05, 0) is 55.9 Å². The van der Waals surface area contributed by atoms with Crippen molar-refractivity contribution in [2.75, 3.05) is 0 Å².